The summed E-state index contributed by atoms with van der Waals surface area (Å²) < 4.78 is 11.4. The highest BCUT2D eigenvalue weighted by atomic mass is 16.6. The molecule has 0 saturated carbocycles. The van der Waals surface area contributed by atoms with E-state index in [1.165, 1.54) is 0 Å². The summed E-state index contributed by atoms with van der Waals surface area (Å²) in [5.74, 6) is 1.08. The third-order valence-electron chi connectivity index (χ3n) is 4.93. The first kappa shape index (κ1) is 18.5. The highest BCUT2D eigenvalue weighted by molar-refractivity contribution is 5.87. The van der Waals surface area contributed by atoms with Crippen molar-refractivity contribution in [3.63, 3.8) is 0 Å². The van der Waals surface area contributed by atoms with E-state index in [0.717, 1.165) is 34.3 Å². The molecule has 0 saturated heterocycles. The molecule has 0 unspecified atom stereocenters. The molecule has 26 heavy (non-hydrogen) atoms. The standard InChI is InChI=1S/C21H28N2O3/c1-7-13(2)18-17-15(12-23(18)20(24)26-21(3,4)5)19(25-6)14-10-8-9-11-16(14)22-17/h8-11,13,18H,7,12H2,1-6H3/t13-,18-/m0/s1. The normalized spacial score (nSPS) is 17.9. The average Bonchev–Trinajstić information content (AvgIpc) is 2.96. The van der Waals surface area contributed by atoms with E-state index in [1.807, 2.05) is 45.0 Å². The third-order valence-corrected chi connectivity index (χ3v) is 4.93. The van der Waals surface area contributed by atoms with Crippen LogP contribution < -0.4 is 4.74 Å². The number of amides is 1. The van der Waals surface area contributed by atoms with Gasteiger partial charge in [-0.2, -0.15) is 0 Å². The fourth-order valence-corrected chi connectivity index (χ4v) is 3.58. The van der Waals surface area contributed by atoms with Crippen molar-refractivity contribution in [3.8, 4) is 5.75 Å². The van der Waals surface area contributed by atoms with E-state index in [9.17, 15) is 4.79 Å². The zero-order chi connectivity index (χ0) is 19.1. The molecule has 1 amide bonds. The zero-order valence-electron chi connectivity index (χ0n) is 16.5. The predicted octanol–water partition coefficient (Wildman–Crippen LogP) is 5.08. The summed E-state index contributed by atoms with van der Waals surface area (Å²) in [7, 11) is 1.68. The molecule has 1 aromatic heterocycles. The lowest BCUT2D eigenvalue weighted by Crippen LogP contribution is -2.37. The molecule has 1 aromatic carbocycles. The van der Waals surface area contributed by atoms with Crippen molar-refractivity contribution < 1.29 is 14.3 Å². The van der Waals surface area contributed by atoms with Crippen LogP contribution in [0, 0.1) is 5.92 Å². The number of para-hydroxylation sites is 1. The fraction of sp³-hybridized carbons (Fsp3) is 0.524. The molecule has 3 rings (SSSR count). The van der Waals surface area contributed by atoms with Crippen LogP contribution in [0.3, 0.4) is 0 Å². The number of ether oxygens (including phenoxy) is 2. The largest absolute Gasteiger partial charge is 0.496 e. The summed E-state index contributed by atoms with van der Waals surface area (Å²) in [6, 6.07) is 7.84. The zero-order valence-corrected chi connectivity index (χ0v) is 16.5. The maximum Gasteiger partial charge on any atom is 0.411 e. The Bertz CT molecular complexity index is 826. The number of benzene rings is 1. The molecule has 5 heteroatoms. The summed E-state index contributed by atoms with van der Waals surface area (Å²) in [5.41, 5.74) is 2.28. The van der Waals surface area contributed by atoms with Crippen LogP contribution in [0.2, 0.25) is 0 Å². The second-order valence-electron chi connectivity index (χ2n) is 7.96. The van der Waals surface area contributed by atoms with Crippen LogP contribution in [-0.4, -0.2) is 28.7 Å². The van der Waals surface area contributed by atoms with Crippen molar-refractivity contribution in [2.45, 2.75) is 59.2 Å². The van der Waals surface area contributed by atoms with Gasteiger partial charge in [-0.3, -0.25) is 4.90 Å². The van der Waals surface area contributed by atoms with E-state index in [-0.39, 0.29) is 18.1 Å². The van der Waals surface area contributed by atoms with Crippen LogP contribution in [0.5, 0.6) is 5.75 Å². The van der Waals surface area contributed by atoms with Crippen LogP contribution in [0.25, 0.3) is 10.9 Å². The third kappa shape index (κ3) is 3.22. The Kier molecular flexibility index (Phi) is 4.82. The number of hydrogen-bond donors (Lipinski definition) is 0. The Labute approximate surface area is 155 Å². The van der Waals surface area contributed by atoms with Crippen LogP contribution in [-0.2, 0) is 11.3 Å². The molecule has 0 spiro atoms. The first-order valence-electron chi connectivity index (χ1n) is 9.22. The lowest BCUT2D eigenvalue weighted by Gasteiger charge is -2.31. The van der Waals surface area contributed by atoms with E-state index in [4.69, 9.17) is 14.5 Å². The summed E-state index contributed by atoms with van der Waals surface area (Å²) in [6.45, 7) is 10.4. The molecule has 5 nitrogen and oxygen atoms in total. The van der Waals surface area contributed by atoms with Gasteiger partial charge in [0.25, 0.3) is 0 Å². The summed E-state index contributed by atoms with van der Waals surface area (Å²) >= 11 is 0. The predicted molar refractivity (Wildman–Crippen MR) is 102 cm³/mol. The molecular formula is C21H28N2O3. The molecular weight excluding hydrogens is 328 g/mol. The van der Waals surface area contributed by atoms with Crippen molar-refractivity contribution >= 4 is 17.0 Å². The first-order chi connectivity index (χ1) is 12.3. The number of nitrogens with zero attached hydrogens (tertiary/aromatic N) is 2. The molecule has 1 aliphatic rings. The summed E-state index contributed by atoms with van der Waals surface area (Å²) in [5, 5.41) is 0.975. The first-order valence-corrected chi connectivity index (χ1v) is 9.22. The molecule has 0 aliphatic carbocycles. The van der Waals surface area contributed by atoms with Gasteiger partial charge in [0.15, 0.2) is 0 Å². The van der Waals surface area contributed by atoms with Gasteiger partial charge in [-0.25, -0.2) is 9.78 Å². The molecule has 1 aliphatic heterocycles. The number of carbonyl (C=O) groups is 1. The SMILES string of the molecule is CC[C@H](C)[C@H]1c2nc3ccccc3c(OC)c2CN1C(=O)OC(C)(C)C. The minimum atomic E-state index is -0.534. The van der Waals surface area contributed by atoms with E-state index < -0.39 is 5.60 Å². The number of fused-ring (bicyclic) bond motifs is 2. The van der Waals surface area contributed by atoms with Gasteiger partial charge in [-0.15, -0.1) is 0 Å². The Morgan fingerprint density at radius 1 is 1.35 bits per heavy atom. The number of hydrogen-bond acceptors (Lipinski definition) is 4. The topological polar surface area (TPSA) is 51.7 Å². The maximum atomic E-state index is 12.9. The van der Waals surface area contributed by atoms with Gasteiger partial charge < -0.3 is 9.47 Å². The second-order valence-corrected chi connectivity index (χ2v) is 7.96. The highest BCUT2D eigenvalue weighted by Crippen LogP contribution is 2.45. The fourth-order valence-electron chi connectivity index (χ4n) is 3.58. The number of pyridine rings is 1. The number of methoxy groups -OCH3 is 1. The van der Waals surface area contributed by atoms with Crippen molar-refractivity contribution in [2.24, 2.45) is 5.92 Å². The Hall–Kier alpha value is -2.30. The van der Waals surface area contributed by atoms with Gasteiger partial charge in [0.2, 0.25) is 0 Å². The van der Waals surface area contributed by atoms with E-state index >= 15 is 0 Å². The molecule has 0 fully saturated rings. The lowest BCUT2D eigenvalue weighted by atomic mass is 9.95. The quantitative estimate of drug-likeness (QED) is 0.769. The number of rotatable bonds is 3. The van der Waals surface area contributed by atoms with E-state index in [0.29, 0.717) is 6.54 Å². The Balaban J connectivity index is 2.13. The van der Waals surface area contributed by atoms with Gasteiger partial charge >= 0.3 is 6.09 Å². The minimum Gasteiger partial charge on any atom is -0.496 e. The summed E-state index contributed by atoms with van der Waals surface area (Å²) in [6.07, 6.45) is 0.646. The Morgan fingerprint density at radius 2 is 2.04 bits per heavy atom. The summed E-state index contributed by atoms with van der Waals surface area (Å²) in [4.78, 5) is 19.6. The Morgan fingerprint density at radius 3 is 2.65 bits per heavy atom. The van der Waals surface area contributed by atoms with Gasteiger partial charge in [0, 0.05) is 10.9 Å². The van der Waals surface area contributed by atoms with Crippen LogP contribution in [0.1, 0.15) is 58.3 Å². The molecule has 2 heterocycles. The highest BCUT2D eigenvalue weighted by Gasteiger charge is 2.41. The van der Waals surface area contributed by atoms with Gasteiger partial charge in [-0.05, 0) is 38.8 Å². The minimum absolute atomic E-state index is 0.108. The van der Waals surface area contributed by atoms with Gasteiger partial charge in [0.05, 0.1) is 30.9 Å². The van der Waals surface area contributed by atoms with Crippen molar-refractivity contribution in [1.29, 1.82) is 0 Å². The van der Waals surface area contributed by atoms with Gasteiger partial charge in [-0.1, -0.05) is 32.4 Å². The van der Waals surface area contributed by atoms with Crippen LogP contribution in [0.4, 0.5) is 4.79 Å². The van der Waals surface area contributed by atoms with Gasteiger partial charge in [0.1, 0.15) is 11.4 Å². The lowest BCUT2D eigenvalue weighted by molar-refractivity contribution is 0.0113. The van der Waals surface area contributed by atoms with E-state index in [2.05, 4.69) is 13.8 Å². The average molecular weight is 356 g/mol. The van der Waals surface area contributed by atoms with Crippen LogP contribution >= 0.6 is 0 Å². The van der Waals surface area contributed by atoms with Crippen molar-refractivity contribution in [3.05, 3.63) is 35.5 Å². The molecule has 0 N–H and O–H groups in total. The number of carbonyl (C=O) groups excluding carboxylic acids is 1. The molecule has 0 bridgehead atoms. The molecule has 0 radical (unpaired) electrons. The molecule has 2 aromatic rings. The van der Waals surface area contributed by atoms with Crippen molar-refractivity contribution in [2.75, 3.05) is 7.11 Å². The molecule has 2 atom stereocenters. The monoisotopic (exact) mass is 356 g/mol. The van der Waals surface area contributed by atoms with E-state index in [1.54, 1.807) is 12.0 Å². The smallest absolute Gasteiger partial charge is 0.411 e. The molecule has 140 valence electrons. The maximum absolute atomic E-state index is 12.9. The van der Waals surface area contributed by atoms with Crippen LogP contribution in [0.15, 0.2) is 24.3 Å². The number of aromatic nitrogens is 1. The van der Waals surface area contributed by atoms with Crippen molar-refractivity contribution in [1.82, 2.24) is 9.88 Å². The second kappa shape index (κ2) is 6.78.